The van der Waals surface area contributed by atoms with Crippen molar-refractivity contribution in [2.45, 2.75) is 12.5 Å². The molecule has 0 aliphatic heterocycles. The summed E-state index contributed by atoms with van der Waals surface area (Å²) in [7, 11) is -2.97. The van der Waals surface area contributed by atoms with Gasteiger partial charge in [-0.25, -0.2) is 0 Å². The van der Waals surface area contributed by atoms with Gasteiger partial charge < -0.3 is 14.8 Å². The van der Waals surface area contributed by atoms with E-state index in [-0.39, 0.29) is 6.16 Å². The third-order valence-corrected chi connectivity index (χ3v) is 6.64. The van der Waals surface area contributed by atoms with E-state index in [1.165, 1.54) is 6.92 Å². The summed E-state index contributed by atoms with van der Waals surface area (Å²) in [5.74, 6) is 0. The highest BCUT2D eigenvalue weighted by Crippen LogP contribution is 2.45. The smallest absolute Gasteiger partial charge is 0.146 e. The fourth-order valence-corrected chi connectivity index (χ4v) is 5.23. The normalized spacial score (nSPS) is 14.8. The van der Waals surface area contributed by atoms with Crippen LogP contribution in [-0.4, -0.2) is 28.6 Å². The van der Waals surface area contributed by atoms with Crippen LogP contribution >= 0.6 is 7.14 Å². The summed E-state index contributed by atoms with van der Waals surface area (Å²) >= 11 is 0. The second-order valence-electron chi connectivity index (χ2n) is 5.22. The average Bonchev–Trinajstić information content (AvgIpc) is 2.48. The van der Waals surface area contributed by atoms with Gasteiger partial charge in [-0.05, 0) is 6.92 Å². The molecule has 0 saturated heterocycles. The van der Waals surface area contributed by atoms with Crippen molar-refractivity contribution in [2.24, 2.45) is 0 Å². The maximum atomic E-state index is 13.5. The molecule has 2 N–H and O–H groups in total. The molecule has 0 saturated carbocycles. The first-order chi connectivity index (χ1) is 9.48. The summed E-state index contributed by atoms with van der Waals surface area (Å²) in [6, 6.07) is 18.3. The number of aliphatic hydroxyl groups is 2. The van der Waals surface area contributed by atoms with Crippen LogP contribution in [0.25, 0.3) is 0 Å². The highest BCUT2D eigenvalue weighted by Gasteiger charge is 2.35. The predicted molar refractivity (Wildman–Crippen MR) is 82.3 cm³/mol. The zero-order valence-corrected chi connectivity index (χ0v) is 12.3. The molecule has 0 fully saturated rings. The summed E-state index contributed by atoms with van der Waals surface area (Å²) in [4.78, 5) is 0. The third kappa shape index (κ3) is 3.18. The Bertz CT molecular complexity index is 550. The highest BCUT2D eigenvalue weighted by atomic mass is 31.2. The number of hydrogen-bond donors (Lipinski definition) is 2. The van der Waals surface area contributed by atoms with E-state index in [1.807, 2.05) is 36.4 Å². The van der Waals surface area contributed by atoms with Gasteiger partial charge in [0.15, 0.2) is 0 Å². The Hall–Kier alpha value is -1.41. The molecule has 106 valence electrons. The van der Waals surface area contributed by atoms with Gasteiger partial charge in [-0.1, -0.05) is 60.7 Å². The lowest BCUT2D eigenvalue weighted by atomic mass is 10.2. The largest absolute Gasteiger partial charge is 0.393 e. The molecule has 3 nitrogen and oxygen atoms in total. The zero-order chi connectivity index (χ0) is 14.6. The second kappa shape index (κ2) is 5.92. The van der Waals surface area contributed by atoms with E-state index in [0.717, 1.165) is 0 Å². The Morgan fingerprint density at radius 2 is 1.35 bits per heavy atom. The van der Waals surface area contributed by atoms with E-state index in [4.69, 9.17) is 0 Å². The van der Waals surface area contributed by atoms with E-state index < -0.39 is 19.3 Å². The summed E-state index contributed by atoms with van der Waals surface area (Å²) in [6.45, 7) is 1.09. The van der Waals surface area contributed by atoms with Gasteiger partial charge in [-0.2, -0.15) is 0 Å². The van der Waals surface area contributed by atoms with Crippen LogP contribution < -0.4 is 10.6 Å². The van der Waals surface area contributed by atoms with Crippen LogP contribution in [0.5, 0.6) is 0 Å². The predicted octanol–water partition coefficient (Wildman–Crippen LogP) is 1.74. The van der Waals surface area contributed by atoms with Gasteiger partial charge in [0.2, 0.25) is 0 Å². The molecule has 4 heteroatoms. The molecule has 1 atom stereocenters. The minimum Gasteiger partial charge on any atom is -0.393 e. The molecule has 20 heavy (non-hydrogen) atoms. The van der Waals surface area contributed by atoms with Crippen LogP contribution in [0.2, 0.25) is 0 Å². The first kappa shape index (κ1) is 15.0. The molecule has 0 unspecified atom stereocenters. The molecule has 0 aromatic heterocycles. The number of rotatable bonds is 5. The molecule has 0 bridgehead atoms. The van der Waals surface area contributed by atoms with E-state index in [0.29, 0.717) is 10.6 Å². The number of aliphatic hydroxyl groups excluding tert-OH is 1. The Morgan fingerprint density at radius 1 is 0.950 bits per heavy atom. The first-order valence-electron chi connectivity index (χ1n) is 6.51. The van der Waals surface area contributed by atoms with E-state index in [2.05, 4.69) is 0 Å². The third-order valence-electron chi connectivity index (χ3n) is 3.25. The van der Waals surface area contributed by atoms with Crippen LogP contribution in [0.3, 0.4) is 0 Å². The molecular weight excluding hydrogens is 271 g/mol. The molecular formula is C16H19O3P. The lowest BCUT2D eigenvalue weighted by Gasteiger charge is -2.28. The minimum atomic E-state index is -2.97. The first-order valence-corrected chi connectivity index (χ1v) is 8.41. The molecule has 2 aromatic carbocycles. The fourth-order valence-electron chi connectivity index (χ4n) is 2.20. The average molecular weight is 290 g/mol. The number of benzene rings is 2. The van der Waals surface area contributed by atoms with Crippen LogP contribution in [0, 0.1) is 0 Å². The van der Waals surface area contributed by atoms with Crippen molar-refractivity contribution < 1.29 is 14.8 Å². The maximum absolute atomic E-state index is 13.5. The zero-order valence-electron chi connectivity index (χ0n) is 11.4. The molecule has 0 aliphatic carbocycles. The summed E-state index contributed by atoms with van der Waals surface area (Å²) in [5.41, 5.74) is -1.37. The van der Waals surface area contributed by atoms with Crippen molar-refractivity contribution in [3.05, 3.63) is 60.7 Å². The monoisotopic (exact) mass is 290 g/mol. The Balaban J connectivity index is 2.53. The molecule has 0 radical (unpaired) electrons. The topological polar surface area (TPSA) is 57.5 Å². The van der Waals surface area contributed by atoms with Crippen molar-refractivity contribution in [3.63, 3.8) is 0 Å². The van der Waals surface area contributed by atoms with Crippen molar-refractivity contribution in [1.82, 2.24) is 0 Å². The van der Waals surface area contributed by atoms with Gasteiger partial charge in [-0.15, -0.1) is 0 Å². The van der Waals surface area contributed by atoms with Crippen molar-refractivity contribution in [1.29, 1.82) is 0 Å². The molecule has 0 amide bonds. The van der Waals surface area contributed by atoms with Crippen molar-refractivity contribution in [2.75, 3.05) is 12.8 Å². The van der Waals surface area contributed by atoms with Crippen LogP contribution in [-0.2, 0) is 4.57 Å². The Kier molecular flexibility index (Phi) is 4.44. The van der Waals surface area contributed by atoms with Crippen LogP contribution in [0.4, 0.5) is 0 Å². The fraction of sp³-hybridized carbons (Fsp3) is 0.250. The standard InChI is InChI=1S/C16H19O3P/c1-16(18,12-17)13-20(19,14-8-4-2-5-9-14)15-10-6-3-7-11-15/h2-11,17-18H,12-13H2,1H3/t16-/m1/s1. The van der Waals surface area contributed by atoms with E-state index in [9.17, 15) is 14.8 Å². The lowest BCUT2D eigenvalue weighted by Crippen LogP contribution is -2.37. The molecule has 0 aliphatic rings. The molecule has 0 spiro atoms. The molecule has 2 rings (SSSR count). The highest BCUT2D eigenvalue weighted by molar-refractivity contribution is 7.78. The second-order valence-corrected chi connectivity index (χ2v) is 8.05. The SMILES string of the molecule is C[C@@](O)(CO)CP(=O)(c1ccccc1)c1ccccc1. The minimum absolute atomic E-state index is 0.0184. The van der Waals surface area contributed by atoms with E-state index in [1.54, 1.807) is 24.3 Å². The van der Waals surface area contributed by atoms with Crippen LogP contribution in [0.15, 0.2) is 60.7 Å². The van der Waals surface area contributed by atoms with Gasteiger partial charge in [0.25, 0.3) is 0 Å². The molecule has 2 aromatic rings. The van der Waals surface area contributed by atoms with Gasteiger partial charge in [0, 0.05) is 16.8 Å². The van der Waals surface area contributed by atoms with E-state index >= 15 is 0 Å². The van der Waals surface area contributed by atoms with Crippen LogP contribution in [0.1, 0.15) is 6.92 Å². The van der Waals surface area contributed by atoms with Gasteiger partial charge in [-0.3, -0.25) is 0 Å². The van der Waals surface area contributed by atoms with Crippen molar-refractivity contribution in [3.8, 4) is 0 Å². The summed E-state index contributed by atoms with van der Waals surface area (Å²) in [6.07, 6.45) is 0.0184. The quantitative estimate of drug-likeness (QED) is 0.825. The summed E-state index contributed by atoms with van der Waals surface area (Å²) in [5, 5.41) is 20.8. The number of hydrogen-bond acceptors (Lipinski definition) is 3. The van der Waals surface area contributed by atoms with Gasteiger partial charge in [0.05, 0.1) is 12.2 Å². The van der Waals surface area contributed by atoms with Gasteiger partial charge in [0.1, 0.15) is 7.14 Å². The lowest BCUT2D eigenvalue weighted by molar-refractivity contribution is 0.0211. The Labute approximate surface area is 119 Å². The Morgan fingerprint density at radius 3 is 1.70 bits per heavy atom. The maximum Gasteiger partial charge on any atom is 0.146 e. The van der Waals surface area contributed by atoms with Crippen molar-refractivity contribution >= 4 is 17.8 Å². The summed E-state index contributed by atoms with van der Waals surface area (Å²) < 4.78 is 13.5. The molecule has 0 heterocycles. The van der Waals surface area contributed by atoms with Gasteiger partial charge >= 0.3 is 0 Å².